The Morgan fingerprint density at radius 3 is 2.29 bits per heavy atom. The lowest BCUT2D eigenvalue weighted by molar-refractivity contribution is -0.146. The van der Waals surface area contributed by atoms with Crippen LogP contribution in [0.2, 0.25) is 0 Å². The summed E-state index contributed by atoms with van der Waals surface area (Å²) in [7, 11) is 0. The van der Waals surface area contributed by atoms with E-state index in [0.717, 1.165) is 5.56 Å². The van der Waals surface area contributed by atoms with Gasteiger partial charge in [0.05, 0.1) is 23.7 Å². The fraction of sp³-hybridized carbons (Fsp3) is 0.185. The van der Waals surface area contributed by atoms with Gasteiger partial charge in [-0.3, -0.25) is 14.4 Å². The number of carbonyl (C=O) groups excluding carboxylic acids is 1. The second-order valence-corrected chi connectivity index (χ2v) is 8.93. The normalized spacial score (nSPS) is 11.4. The van der Waals surface area contributed by atoms with Gasteiger partial charge in [0.15, 0.2) is 11.4 Å². The number of amides is 1. The number of aromatic hydroxyl groups is 1. The average Bonchev–Trinajstić information content (AvgIpc) is 2.85. The number of hydrogen-bond donors (Lipinski definition) is 3. The van der Waals surface area contributed by atoms with Gasteiger partial charge in [-0.05, 0) is 31.0 Å². The molecule has 3 N–H and O–H groups in total. The third-order valence-corrected chi connectivity index (χ3v) is 5.88. The number of aliphatic carboxylic acids is 1. The van der Waals surface area contributed by atoms with E-state index < -0.39 is 17.3 Å². The van der Waals surface area contributed by atoms with E-state index in [4.69, 9.17) is 0 Å². The molecule has 2 heterocycles. The van der Waals surface area contributed by atoms with Crippen LogP contribution in [0.15, 0.2) is 77.7 Å². The second-order valence-electron chi connectivity index (χ2n) is 8.93. The van der Waals surface area contributed by atoms with Gasteiger partial charge in [-0.1, -0.05) is 60.7 Å². The molecule has 0 aliphatic carbocycles. The Morgan fingerprint density at radius 2 is 1.66 bits per heavy atom. The maximum atomic E-state index is 13.5. The Labute approximate surface area is 201 Å². The van der Waals surface area contributed by atoms with Crippen molar-refractivity contribution in [3.63, 3.8) is 0 Å². The molecule has 2 aromatic carbocycles. The summed E-state index contributed by atoms with van der Waals surface area (Å²) in [6.45, 7) is 3.06. The lowest BCUT2D eigenvalue weighted by Gasteiger charge is -2.20. The Kier molecular flexibility index (Phi) is 6.38. The molecule has 0 spiro atoms. The van der Waals surface area contributed by atoms with Gasteiger partial charge in [-0.25, -0.2) is 4.98 Å². The van der Waals surface area contributed by atoms with Gasteiger partial charge in [0, 0.05) is 17.5 Å². The van der Waals surface area contributed by atoms with Crippen LogP contribution in [0.1, 0.15) is 29.9 Å². The van der Waals surface area contributed by atoms with Crippen LogP contribution in [0.4, 0.5) is 0 Å². The summed E-state index contributed by atoms with van der Waals surface area (Å²) in [6.07, 6.45) is 1.38. The Bertz CT molecular complexity index is 1460. The largest absolute Gasteiger partial charge is 0.505 e. The van der Waals surface area contributed by atoms with Crippen LogP contribution in [0.25, 0.3) is 22.0 Å². The number of fused-ring (bicyclic) bond motifs is 1. The fourth-order valence-electron chi connectivity index (χ4n) is 3.70. The number of pyridine rings is 2. The Hall–Kier alpha value is -4.46. The summed E-state index contributed by atoms with van der Waals surface area (Å²) in [5, 5.41) is 23.2. The van der Waals surface area contributed by atoms with Crippen molar-refractivity contribution in [1.29, 1.82) is 0 Å². The summed E-state index contributed by atoms with van der Waals surface area (Å²) >= 11 is 0. The van der Waals surface area contributed by atoms with E-state index in [2.05, 4.69) is 10.3 Å². The third-order valence-electron chi connectivity index (χ3n) is 5.88. The van der Waals surface area contributed by atoms with Crippen LogP contribution in [-0.2, 0) is 11.3 Å². The highest BCUT2D eigenvalue weighted by molar-refractivity contribution is 6.01. The Balaban J connectivity index is 1.85. The highest BCUT2D eigenvalue weighted by Crippen LogP contribution is 2.30. The molecule has 35 heavy (non-hydrogen) atoms. The van der Waals surface area contributed by atoms with Gasteiger partial charge in [0.25, 0.3) is 11.5 Å². The van der Waals surface area contributed by atoms with Gasteiger partial charge in [-0.2, -0.15) is 0 Å². The van der Waals surface area contributed by atoms with Crippen molar-refractivity contribution in [2.75, 3.05) is 6.54 Å². The van der Waals surface area contributed by atoms with Crippen molar-refractivity contribution in [2.24, 2.45) is 5.41 Å². The molecule has 178 valence electrons. The minimum Gasteiger partial charge on any atom is -0.505 e. The number of benzene rings is 2. The molecule has 8 nitrogen and oxygen atoms in total. The van der Waals surface area contributed by atoms with Crippen molar-refractivity contribution in [1.82, 2.24) is 14.9 Å². The highest BCUT2D eigenvalue weighted by Gasteiger charge is 2.29. The molecule has 8 heteroatoms. The second kappa shape index (κ2) is 9.42. The van der Waals surface area contributed by atoms with Crippen molar-refractivity contribution in [2.45, 2.75) is 20.4 Å². The number of carboxylic acid groups (broad SMARTS) is 1. The van der Waals surface area contributed by atoms with Gasteiger partial charge in [-0.15, -0.1) is 0 Å². The maximum Gasteiger partial charge on any atom is 0.310 e. The molecule has 1 amide bonds. The molecule has 0 bridgehead atoms. The van der Waals surface area contributed by atoms with E-state index in [-0.39, 0.29) is 35.5 Å². The van der Waals surface area contributed by atoms with Crippen LogP contribution in [0.5, 0.6) is 5.75 Å². The molecular formula is C27H25N3O5. The first-order valence-electron chi connectivity index (χ1n) is 11.1. The van der Waals surface area contributed by atoms with Gasteiger partial charge >= 0.3 is 5.97 Å². The molecule has 0 fully saturated rings. The van der Waals surface area contributed by atoms with E-state index in [1.54, 1.807) is 18.2 Å². The van der Waals surface area contributed by atoms with Crippen LogP contribution < -0.4 is 10.9 Å². The number of rotatable bonds is 7. The minimum atomic E-state index is -1.20. The molecular weight excluding hydrogens is 446 g/mol. The Morgan fingerprint density at radius 1 is 1.03 bits per heavy atom. The summed E-state index contributed by atoms with van der Waals surface area (Å²) in [5.74, 6) is -2.15. The van der Waals surface area contributed by atoms with Gasteiger partial charge < -0.3 is 20.1 Å². The summed E-state index contributed by atoms with van der Waals surface area (Å²) < 4.78 is 1.52. The quantitative estimate of drug-likeness (QED) is 0.378. The lowest BCUT2D eigenvalue weighted by atomic mass is 9.94. The molecule has 0 saturated carbocycles. The van der Waals surface area contributed by atoms with E-state index in [0.29, 0.717) is 16.6 Å². The van der Waals surface area contributed by atoms with Crippen LogP contribution >= 0.6 is 0 Å². The molecule has 0 aliphatic heterocycles. The molecule has 4 aromatic rings. The number of nitrogens with zero attached hydrogens (tertiary/aromatic N) is 2. The lowest BCUT2D eigenvalue weighted by Crippen LogP contribution is -2.39. The SMILES string of the molecule is CC(C)(CNC(=O)c1ncc2c(cc(-c3ccccc3)c(=O)n2Cc2ccccc2)c1O)C(=O)O. The van der Waals surface area contributed by atoms with E-state index in [9.17, 15) is 24.6 Å². The summed E-state index contributed by atoms with van der Waals surface area (Å²) in [6, 6.07) is 20.1. The molecule has 0 aliphatic rings. The number of carbonyl (C=O) groups is 2. The molecule has 0 radical (unpaired) electrons. The van der Waals surface area contributed by atoms with Crippen molar-refractivity contribution < 1.29 is 19.8 Å². The van der Waals surface area contributed by atoms with Crippen molar-refractivity contribution in [3.8, 4) is 16.9 Å². The topological polar surface area (TPSA) is 122 Å². The third kappa shape index (κ3) is 4.77. The monoisotopic (exact) mass is 471 g/mol. The first kappa shape index (κ1) is 23.7. The highest BCUT2D eigenvalue weighted by atomic mass is 16.4. The predicted molar refractivity (Wildman–Crippen MR) is 132 cm³/mol. The minimum absolute atomic E-state index is 0.150. The van der Waals surface area contributed by atoms with Crippen LogP contribution in [-0.4, -0.2) is 38.2 Å². The zero-order valence-electron chi connectivity index (χ0n) is 19.4. The fourth-order valence-corrected chi connectivity index (χ4v) is 3.70. The number of carboxylic acids is 1. The molecule has 4 rings (SSSR count). The standard InChI is InChI=1S/C27H25N3O5/c1-27(2,26(34)35)16-29-24(32)22-23(31)20-13-19(18-11-7-4-8-12-18)25(33)30(21(20)14-28-22)15-17-9-5-3-6-10-17/h3-14,31H,15-16H2,1-2H3,(H,29,32)(H,34,35). The van der Waals surface area contributed by atoms with Gasteiger partial charge in [0.2, 0.25) is 0 Å². The molecule has 2 aromatic heterocycles. The van der Waals surface area contributed by atoms with E-state index >= 15 is 0 Å². The van der Waals surface area contributed by atoms with E-state index in [1.807, 2.05) is 48.5 Å². The van der Waals surface area contributed by atoms with Crippen LogP contribution in [0, 0.1) is 5.41 Å². The van der Waals surface area contributed by atoms with Crippen molar-refractivity contribution >= 4 is 22.8 Å². The first-order chi connectivity index (χ1) is 16.7. The first-order valence-corrected chi connectivity index (χ1v) is 11.1. The number of nitrogens with one attached hydrogen (secondary N) is 1. The molecule has 0 unspecified atom stereocenters. The maximum absolute atomic E-state index is 13.5. The predicted octanol–water partition coefficient (Wildman–Crippen LogP) is 3.66. The summed E-state index contributed by atoms with van der Waals surface area (Å²) in [4.78, 5) is 41.8. The average molecular weight is 472 g/mol. The number of aromatic nitrogens is 2. The molecule has 0 atom stereocenters. The zero-order valence-corrected chi connectivity index (χ0v) is 19.4. The number of hydrogen-bond acceptors (Lipinski definition) is 5. The van der Waals surface area contributed by atoms with E-state index in [1.165, 1.54) is 24.6 Å². The smallest absolute Gasteiger partial charge is 0.310 e. The van der Waals surface area contributed by atoms with Crippen molar-refractivity contribution in [3.05, 3.63) is 94.5 Å². The van der Waals surface area contributed by atoms with Gasteiger partial charge in [0.1, 0.15) is 0 Å². The summed E-state index contributed by atoms with van der Waals surface area (Å²) in [5.41, 5.74) is 0.604. The molecule has 0 saturated heterocycles. The van der Waals surface area contributed by atoms with Crippen LogP contribution in [0.3, 0.4) is 0 Å². The zero-order chi connectivity index (χ0) is 25.2.